The van der Waals surface area contributed by atoms with Crippen molar-refractivity contribution in [1.29, 1.82) is 0 Å². The molecule has 3 atom stereocenters. The highest BCUT2D eigenvalue weighted by molar-refractivity contribution is 6.30. The zero-order valence-electron chi connectivity index (χ0n) is 29.7. The molecule has 3 aromatic carbocycles. The molecule has 2 aromatic heterocycles. The molecule has 7 rings (SSSR count). The van der Waals surface area contributed by atoms with Gasteiger partial charge in [0.15, 0.2) is 0 Å². The molecule has 11 nitrogen and oxygen atoms in total. The minimum atomic E-state index is -0.741. The lowest BCUT2D eigenvalue weighted by atomic mass is 9.87. The van der Waals surface area contributed by atoms with E-state index in [0.29, 0.717) is 26.2 Å². The Labute approximate surface area is 303 Å². The summed E-state index contributed by atoms with van der Waals surface area (Å²) in [4.78, 5) is 19.1. The van der Waals surface area contributed by atoms with Crippen LogP contribution in [0.25, 0.3) is 5.69 Å². The molecule has 0 bridgehead atoms. The van der Waals surface area contributed by atoms with Crippen molar-refractivity contribution in [1.82, 2.24) is 29.3 Å². The minimum absolute atomic E-state index is 0.0602. The molecule has 0 radical (unpaired) electrons. The molecular weight excluding hydrogens is 671 g/mol. The van der Waals surface area contributed by atoms with Crippen molar-refractivity contribution >= 4 is 23.0 Å². The van der Waals surface area contributed by atoms with Crippen molar-refractivity contribution in [2.75, 3.05) is 49.2 Å². The number of nitrogens with zero attached hydrogens (tertiary/aromatic N) is 8. The lowest BCUT2D eigenvalue weighted by Gasteiger charge is -2.37. The van der Waals surface area contributed by atoms with Gasteiger partial charge in [-0.15, -0.1) is 0 Å². The summed E-state index contributed by atoms with van der Waals surface area (Å²) in [5, 5.41) is 12.9. The third-order valence-electron chi connectivity index (χ3n) is 9.69. The van der Waals surface area contributed by atoms with Crippen molar-refractivity contribution in [2.45, 2.75) is 58.7 Å². The minimum Gasteiger partial charge on any atom is -0.493 e. The van der Waals surface area contributed by atoms with Crippen LogP contribution in [-0.4, -0.2) is 68.7 Å². The predicted molar refractivity (Wildman–Crippen MR) is 198 cm³/mol. The van der Waals surface area contributed by atoms with Crippen molar-refractivity contribution in [3.63, 3.8) is 0 Å². The smallest absolute Gasteiger partial charge is 0.350 e. The summed E-state index contributed by atoms with van der Waals surface area (Å²) in [6, 6.07) is 21.2. The van der Waals surface area contributed by atoms with E-state index < -0.39 is 11.4 Å². The van der Waals surface area contributed by atoms with Gasteiger partial charge in [-0.05, 0) is 86.0 Å². The number of piperazine rings is 1. The van der Waals surface area contributed by atoms with E-state index in [4.69, 9.17) is 21.1 Å². The van der Waals surface area contributed by atoms with E-state index in [-0.39, 0.29) is 22.7 Å². The highest BCUT2D eigenvalue weighted by Crippen LogP contribution is 2.41. The van der Waals surface area contributed by atoms with Crippen LogP contribution >= 0.6 is 11.6 Å². The molecule has 5 aromatic rings. The zero-order valence-corrected chi connectivity index (χ0v) is 30.4. The monoisotopic (exact) mass is 716 g/mol. The average Bonchev–Trinajstić information content (AvgIpc) is 3.94. The van der Waals surface area contributed by atoms with Crippen molar-refractivity contribution in [3.8, 4) is 11.4 Å². The van der Waals surface area contributed by atoms with E-state index in [1.54, 1.807) is 40.2 Å². The summed E-state index contributed by atoms with van der Waals surface area (Å²) < 4.78 is 29.7. The fraction of sp³-hybridized carbons (Fsp3) is 0.421. The summed E-state index contributed by atoms with van der Waals surface area (Å²) in [5.41, 5.74) is 3.04. The number of rotatable bonds is 11. The fourth-order valence-corrected chi connectivity index (χ4v) is 6.87. The van der Waals surface area contributed by atoms with Gasteiger partial charge in [0, 0.05) is 43.5 Å². The van der Waals surface area contributed by atoms with Crippen molar-refractivity contribution in [3.05, 3.63) is 112 Å². The van der Waals surface area contributed by atoms with Gasteiger partial charge >= 0.3 is 5.69 Å². The number of halogens is 2. The Morgan fingerprint density at radius 2 is 1.53 bits per heavy atom. The summed E-state index contributed by atoms with van der Waals surface area (Å²) in [6.07, 6.45) is 6.35. The number of hydrogen-bond donors (Lipinski definition) is 0. The highest BCUT2D eigenvalue weighted by Gasteiger charge is 2.43. The van der Waals surface area contributed by atoms with Gasteiger partial charge in [-0.1, -0.05) is 38.4 Å². The van der Waals surface area contributed by atoms with Gasteiger partial charge in [-0.3, -0.25) is 0 Å². The highest BCUT2D eigenvalue weighted by atomic mass is 35.5. The summed E-state index contributed by atoms with van der Waals surface area (Å²) in [7, 11) is 0. The number of benzene rings is 3. The molecule has 51 heavy (non-hydrogen) atoms. The molecule has 2 fully saturated rings. The first kappa shape index (κ1) is 36.1. The van der Waals surface area contributed by atoms with Gasteiger partial charge in [0.2, 0.25) is 0 Å². The summed E-state index contributed by atoms with van der Waals surface area (Å²) >= 11 is 6.15. The number of anilines is 2. The molecule has 2 aliphatic heterocycles. The normalized spacial score (nSPS) is 19.5. The van der Waals surface area contributed by atoms with Crippen LogP contribution in [0.15, 0.2) is 90.2 Å². The first-order valence-corrected chi connectivity index (χ1v) is 18.1. The molecule has 270 valence electrons. The van der Waals surface area contributed by atoms with Gasteiger partial charge in [0.25, 0.3) is 0 Å². The van der Waals surface area contributed by atoms with Crippen LogP contribution in [0, 0.1) is 11.7 Å². The molecule has 2 aliphatic rings. The first-order chi connectivity index (χ1) is 24.8. The van der Waals surface area contributed by atoms with Gasteiger partial charge in [0.1, 0.15) is 23.5 Å². The Balaban J connectivity index is 0.00000220. The third-order valence-corrected chi connectivity index (χ3v) is 9.97. The van der Waals surface area contributed by atoms with Crippen LogP contribution in [-0.2, 0) is 16.9 Å². The van der Waals surface area contributed by atoms with Crippen molar-refractivity contribution < 1.29 is 13.9 Å². The Kier molecular flexibility index (Phi) is 11.4. The van der Waals surface area contributed by atoms with Crippen LogP contribution < -0.4 is 20.2 Å². The van der Waals surface area contributed by atoms with E-state index in [2.05, 4.69) is 49.4 Å². The van der Waals surface area contributed by atoms with E-state index in [0.717, 1.165) is 61.0 Å². The molecule has 3 unspecified atom stereocenters. The third kappa shape index (κ3) is 7.97. The average molecular weight is 717 g/mol. The number of ether oxygens (including phenoxy) is 2. The van der Waals surface area contributed by atoms with Gasteiger partial charge < -0.3 is 19.3 Å². The fourth-order valence-electron chi connectivity index (χ4n) is 6.69. The summed E-state index contributed by atoms with van der Waals surface area (Å²) in [6.45, 7) is 13.0. The first-order valence-electron chi connectivity index (χ1n) is 17.7. The molecule has 4 heterocycles. The molecule has 0 N–H and O–H groups in total. The lowest BCUT2D eigenvalue weighted by molar-refractivity contribution is -0.0210. The van der Waals surface area contributed by atoms with E-state index in [1.165, 1.54) is 10.7 Å². The Hall–Kier alpha value is -4.68. The topological polar surface area (TPSA) is 95.5 Å². The Morgan fingerprint density at radius 1 is 0.922 bits per heavy atom. The second-order valence-electron chi connectivity index (χ2n) is 12.8. The predicted octanol–water partition coefficient (Wildman–Crippen LogP) is 6.75. The second-order valence-corrected chi connectivity index (χ2v) is 13.3. The molecule has 13 heteroatoms. The molecule has 0 amide bonds. The number of aromatic nitrogens is 6. The van der Waals surface area contributed by atoms with E-state index in [9.17, 15) is 9.18 Å². The lowest BCUT2D eigenvalue weighted by Crippen LogP contribution is -2.46. The molecule has 0 saturated carbocycles. The zero-order chi connectivity index (χ0) is 36.0. The SMILES string of the molecule is CC.CCC(C)n1ncn(-c2ccc(N3CCN(c4ccc(OCC5COC(Cn6nccn6)(c6ccc(F)c(Cl)c6)C5)cc4)CC3)cc2)c1=O. The quantitative estimate of drug-likeness (QED) is 0.148. The van der Waals surface area contributed by atoms with Gasteiger partial charge in [0.05, 0.1) is 48.9 Å². The van der Waals surface area contributed by atoms with Crippen LogP contribution in [0.1, 0.15) is 52.1 Å². The standard InChI is InChI=1S/C36H40ClFN8O3.C2H6/c1-3-26(2)46-35(47)44(25-41-46)31-7-5-29(6-8-31)42-16-18-43(19-17-42)30-9-11-32(12-10-30)48-22-27-21-36(49-23-27,24-45-39-14-15-40-45)28-4-13-34(38)33(37)20-28;1-2/h4-15,20,25-27H,3,16-19,21-24H2,1-2H3;1-2H3. The molecule has 0 aliphatic carbocycles. The maximum atomic E-state index is 14.0. The summed E-state index contributed by atoms with van der Waals surface area (Å²) in [5.74, 6) is 0.449. The van der Waals surface area contributed by atoms with Crippen LogP contribution in [0.2, 0.25) is 5.02 Å². The Bertz CT molecular complexity index is 1910. The molecule has 0 spiro atoms. The van der Waals surface area contributed by atoms with E-state index in [1.807, 2.05) is 52.0 Å². The Morgan fingerprint density at radius 3 is 2.14 bits per heavy atom. The van der Waals surface area contributed by atoms with Gasteiger partial charge in [-0.25, -0.2) is 18.4 Å². The molecule has 2 saturated heterocycles. The van der Waals surface area contributed by atoms with Crippen LogP contribution in [0.4, 0.5) is 15.8 Å². The van der Waals surface area contributed by atoms with Crippen LogP contribution in [0.3, 0.4) is 0 Å². The van der Waals surface area contributed by atoms with Gasteiger partial charge in [-0.2, -0.15) is 20.1 Å². The maximum Gasteiger partial charge on any atom is 0.350 e. The van der Waals surface area contributed by atoms with Crippen molar-refractivity contribution in [2.24, 2.45) is 5.92 Å². The van der Waals surface area contributed by atoms with E-state index >= 15 is 0 Å². The largest absolute Gasteiger partial charge is 0.493 e. The van der Waals surface area contributed by atoms with Crippen LogP contribution in [0.5, 0.6) is 5.75 Å². The molecular formula is C38H46ClFN8O3. The number of hydrogen-bond acceptors (Lipinski definition) is 8. The maximum absolute atomic E-state index is 14.0. The second kappa shape index (κ2) is 16.1.